The zero-order valence-electron chi connectivity index (χ0n) is 14.4. The molecule has 3 nitrogen and oxygen atoms in total. The number of nitrogens with zero attached hydrogens (tertiary/aromatic N) is 1. The molecule has 0 spiro atoms. The molecule has 1 aromatic rings. The lowest BCUT2D eigenvalue weighted by Gasteiger charge is -2.26. The first-order chi connectivity index (χ1) is 10.6. The number of rotatable bonds is 8. The van der Waals surface area contributed by atoms with Crippen LogP contribution in [-0.4, -0.2) is 30.6 Å². The van der Waals surface area contributed by atoms with Crippen LogP contribution in [0.2, 0.25) is 0 Å². The monoisotopic (exact) mass is 303 g/mol. The molecule has 1 saturated heterocycles. The molecule has 0 aromatic heterocycles. The van der Waals surface area contributed by atoms with Crippen LogP contribution in [0.3, 0.4) is 0 Å². The highest BCUT2D eigenvalue weighted by molar-refractivity contribution is 5.22. The molecule has 1 heterocycles. The summed E-state index contributed by atoms with van der Waals surface area (Å²) in [5.74, 6) is 0.672. The van der Waals surface area contributed by atoms with Gasteiger partial charge in [0.1, 0.15) is 0 Å². The zero-order valence-corrected chi connectivity index (χ0v) is 14.4. The van der Waals surface area contributed by atoms with E-state index in [0.717, 1.165) is 26.1 Å². The SMILES string of the molecule is CC(C)CC(N)CNCc1ccc(CN2CCCCC2)cc1. The van der Waals surface area contributed by atoms with Crippen molar-refractivity contribution in [1.29, 1.82) is 0 Å². The van der Waals surface area contributed by atoms with Gasteiger partial charge in [-0.1, -0.05) is 44.5 Å². The van der Waals surface area contributed by atoms with E-state index in [1.807, 2.05) is 0 Å². The van der Waals surface area contributed by atoms with Gasteiger partial charge in [-0.25, -0.2) is 0 Å². The molecule has 1 aromatic carbocycles. The maximum Gasteiger partial charge on any atom is 0.0233 e. The van der Waals surface area contributed by atoms with E-state index >= 15 is 0 Å². The molecule has 3 heteroatoms. The van der Waals surface area contributed by atoms with Gasteiger partial charge in [0.15, 0.2) is 0 Å². The number of benzene rings is 1. The number of piperidine rings is 1. The first kappa shape index (κ1) is 17.5. The Hall–Kier alpha value is -0.900. The van der Waals surface area contributed by atoms with Crippen molar-refractivity contribution in [2.45, 2.75) is 58.7 Å². The third kappa shape index (κ3) is 6.47. The molecule has 1 aliphatic rings. The first-order valence-electron chi connectivity index (χ1n) is 8.90. The van der Waals surface area contributed by atoms with Crippen LogP contribution in [0.4, 0.5) is 0 Å². The van der Waals surface area contributed by atoms with Crippen molar-refractivity contribution in [2.24, 2.45) is 11.7 Å². The molecule has 0 amide bonds. The summed E-state index contributed by atoms with van der Waals surface area (Å²) < 4.78 is 0. The van der Waals surface area contributed by atoms with Crippen LogP contribution in [0.25, 0.3) is 0 Å². The molecule has 1 aliphatic heterocycles. The minimum absolute atomic E-state index is 0.262. The Labute approximate surface area is 136 Å². The van der Waals surface area contributed by atoms with Crippen LogP contribution in [0.5, 0.6) is 0 Å². The average molecular weight is 303 g/mol. The molecule has 0 bridgehead atoms. The fourth-order valence-corrected chi connectivity index (χ4v) is 3.23. The van der Waals surface area contributed by atoms with E-state index in [-0.39, 0.29) is 6.04 Å². The molecular formula is C19H33N3. The molecule has 124 valence electrons. The van der Waals surface area contributed by atoms with Gasteiger partial charge in [-0.05, 0) is 49.4 Å². The van der Waals surface area contributed by atoms with Crippen molar-refractivity contribution >= 4 is 0 Å². The molecule has 1 fully saturated rings. The predicted molar refractivity (Wildman–Crippen MR) is 94.7 cm³/mol. The van der Waals surface area contributed by atoms with E-state index in [4.69, 9.17) is 5.73 Å². The van der Waals surface area contributed by atoms with Crippen molar-refractivity contribution in [2.75, 3.05) is 19.6 Å². The fraction of sp³-hybridized carbons (Fsp3) is 0.684. The van der Waals surface area contributed by atoms with Crippen LogP contribution in [0.15, 0.2) is 24.3 Å². The Bertz CT molecular complexity index is 407. The van der Waals surface area contributed by atoms with Crippen LogP contribution in [-0.2, 0) is 13.1 Å². The summed E-state index contributed by atoms with van der Waals surface area (Å²) in [6, 6.07) is 9.32. The fourth-order valence-electron chi connectivity index (χ4n) is 3.23. The van der Waals surface area contributed by atoms with Crippen molar-refractivity contribution in [3.8, 4) is 0 Å². The number of nitrogens with one attached hydrogen (secondary N) is 1. The van der Waals surface area contributed by atoms with Gasteiger partial charge in [0, 0.05) is 25.7 Å². The van der Waals surface area contributed by atoms with E-state index in [9.17, 15) is 0 Å². The standard InChI is InChI=1S/C19H33N3/c1-16(2)12-19(20)14-21-13-17-6-8-18(9-7-17)15-22-10-4-3-5-11-22/h6-9,16,19,21H,3-5,10-15,20H2,1-2H3. The smallest absolute Gasteiger partial charge is 0.0233 e. The van der Waals surface area contributed by atoms with E-state index in [0.29, 0.717) is 5.92 Å². The average Bonchev–Trinajstić information content (AvgIpc) is 2.49. The summed E-state index contributed by atoms with van der Waals surface area (Å²) in [6.45, 7) is 9.88. The van der Waals surface area contributed by atoms with Gasteiger partial charge < -0.3 is 11.1 Å². The van der Waals surface area contributed by atoms with Crippen molar-refractivity contribution in [3.05, 3.63) is 35.4 Å². The lowest BCUT2D eigenvalue weighted by molar-refractivity contribution is 0.221. The zero-order chi connectivity index (χ0) is 15.8. The van der Waals surface area contributed by atoms with E-state index in [1.165, 1.54) is 43.5 Å². The minimum Gasteiger partial charge on any atom is -0.327 e. The molecule has 0 radical (unpaired) electrons. The third-order valence-electron chi connectivity index (χ3n) is 4.39. The maximum absolute atomic E-state index is 6.10. The van der Waals surface area contributed by atoms with Crippen molar-refractivity contribution in [3.63, 3.8) is 0 Å². The Morgan fingerprint density at radius 1 is 1.05 bits per heavy atom. The summed E-state index contributed by atoms with van der Waals surface area (Å²) in [4.78, 5) is 2.57. The van der Waals surface area contributed by atoms with E-state index < -0.39 is 0 Å². The largest absolute Gasteiger partial charge is 0.327 e. The molecule has 1 unspecified atom stereocenters. The van der Waals surface area contributed by atoms with Crippen LogP contribution in [0, 0.1) is 5.92 Å². The lowest BCUT2D eigenvalue weighted by atomic mass is 10.0. The van der Waals surface area contributed by atoms with Gasteiger partial charge in [-0.3, -0.25) is 4.90 Å². The predicted octanol–water partition coefficient (Wildman–Crippen LogP) is 3.14. The highest BCUT2D eigenvalue weighted by Crippen LogP contribution is 2.13. The van der Waals surface area contributed by atoms with Crippen molar-refractivity contribution in [1.82, 2.24) is 10.2 Å². The van der Waals surface area contributed by atoms with Gasteiger partial charge >= 0.3 is 0 Å². The summed E-state index contributed by atoms with van der Waals surface area (Å²) in [6.07, 6.45) is 5.21. The second-order valence-corrected chi connectivity index (χ2v) is 7.17. The normalized spacial score (nSPS) is 17.8. The first-order valence-corrected chi connectivity index (χ1v) is 8.90. The van der Waals surface area contributed by atoms with Crippen molar-refractivity contribution < 1.29 is 0 Å². The van der Waals surface area contributed by atoms with E-state index in [2.05, 4.69) is 48.3 Å². The second kappa shape index (κ2) is 9.29. The van der Waals surface area contributed by atoms with Gasteiger partial charge in [-0.15, -0.1) is 0 Å². The highest BCUT2D eigenvalue weighted by atomic mass is 15.1. The summed E-state index contributed by atoms with van der Waals surface area (Å²) in [5.41, 5.74) is 8.88. The molecule has 22 heavy (non-hydrogen) atoms. The van der Waals surface area contributed by atoms with Gasteiger partial charge in [-0.2, -0.15) is 0 Å². The Morgan fingerprint density at radius 2 is 1.68 bits per heavy atom. The Morgan fingerprint density at radius 3 is 2.32 bits per heavy atom. The summed E-state index contributed by atoms with van der Waals surface area (Å²) in [5, 5.41) is 3.47. The van der Waals surface area contributed by atoms with Gasteiger partial charge in [0.05, 0.1) is 0 Å². The lowest BCUT2D eigenvalue weighted by Crippen LogP contribution is -2.34. The van der Waals surface area contributed by atoms with E-state index in [1.54, 1.807) is 0 Å². The van der Waals surface area contributed by atoms with Crippen LogP contribution < -0.4 is 11.1 Å². The van der Waals surface area contributed by atoms with Gasteiger partial charge in [0.2, 0.25) is 0 Å². The molecule has 0 saturated carbocycles. The number of hydrogen-bond donors (Lipinski definition) is 2. The topological polar surface area (TPSA) is 41.3 Å². The molecule has 0 aliphatic carbocycles. The minimum atomic E-state index is 0.262. The van der Waals surface area contributed by atoms with Gasteiger partial charge in [0.25, 0.3) is 0 Å². The molecule has 2 rings (SSSR count). The number of nitrogens with two attached hydrogens (primary N) is 1. The van der Waals surface area contributed by atoms with Crippen LogP contribution >= 0.6 is 0 Å². The third-order valence-corrected chi connectivity index (χ3v) is 4.39. The second-order valence-electron chi connectivity index (χ2n) is 7.17. The quantitative estimate of drug-likeness (QED) is 0.775. The Balaban J connectivity index is 1.70. The molecular weight excluding hydrogens is 270 g/mol. The number of likely N-dealkylation sites (tertiary alicyclic amines) is 1. The highest BCUT2D eigenvalue weighted by Gasteiger charge is 2.10. The maximum atomic E-state index is 6.10. The van der Waals surface area contributed by atoms with Crippen LogP contribution in [0.1, 0.15) is 50.7 Å². The summed E-state index contributed by atoms with van der Waals surface area (Å²) in [7, 11) is 0. The molecule has 1 atom stereocenters. The summed E-state index contributed by atoms with van der Waals surface area (Å²) >= 11 is 0. The Kier molecular flexibility index (Phi) is 7.37. The number of hydrogen-bond acceptors (Lipinski definition) is 3. The molecule has 3 N–H and O–H groups in total.